The molecule has 0 nitrogen and oxygen atoms in total. The zero-order valence-corrected chi connectivity index (χ0v) is 6.77. The van der Waals surface area contributed by atoms with Crippen molar-refractivity contribution < 1.29 is 0 Å². The Morgan fingerprint density at radius 1 is 1.20 bits per heavy atom. The second-order valence-corrected chi connectivity index (χ2v) is 2.23. The van der Waals surface area contributed by atoms with E-state index in [-0.39, 0.29) is 0 Å². The van der Waals surface area contributed by atoms with E-state index in [9.17, 15) is 0 Å². The van der Waals surface area contributed by atoms with Gasteiger partial charge in [-0.3, -0.25) is 0 Å². The summed E-state index contributed by atoms with van der Waals surface area (Å²) in [5.41, 5.74) is 3.12. The van der Waals surface area contributed by atoms with Crippen LogP contribution in [0.2, 0.25) is 0 Å². The number of rotatable bonds is 5. The first-order valence-corrected chi connectivity index (χ1v) is 3.92. The number of hydrogen-bond acceptors (Lipinski definition) is 0. The van der Waals surface area contributed by atoms with Gasteiger partial charge in [0.25, 0.3) is 0 Å². The molecule has 0 heterocycles. The molecule has 56 valence electrons. The van der Waals surface area contributed by atoms with E-state index in [2.05, 4.69) is 31.4 Å². The van der Waals surface area contributed by atoms with Gasteiger partial charge in [0.15, 0.2) is 0 Å². The van der Waals surface area contributed by atoms with Crippen molar-refractivity contribution in [2.75, 3.05) is 0 Å². The fraction of sp³-hybridized carbons (Fsp3) is 0.500. The second-order valence-electron chi connectivity index (χ2n) is 2.23. The molecule has 0 aromatic rings. The average Bonchev–Trinajstić information content (AvgIpc) is 1.97. The predicted molar refractivity (Wildman–Crippen MR) is 47.0 cm³/mol. The Bertz CT molecular complexity index is 125. The summed E-state index contributed by atoms with van der Waals surface area (Å²) in [5, 5.41) is 0. The van der Waals surface area contributed by atoms with Gasteiger partial charge < -0.3 is 0 Å². The normalized spacial score (nSPS) is 8.10. The van der Waals surface area contributed by atoms with E-state index in [4.69, 9.17) is 0 Å². The molecule has 10 heavy (non-hydrogen) atoms. The minimum atomic E-state index is 1.06. The van der Waals surface area contributed by atoms with Gasteiger partial charge in [-0.15, -0.1) is 12.3 Å². The van der Waals surface area contributed by atoms with Crippen molar-refractivity contribution in [3.63, 3.8) is 0 Å². The van der Waals surface area contributed by atoms with Crippen LogP contribution in [-0.2, 0) is 0 Å². The lowest BCUT2D eigenvalue weighted by Crippen LogP contribution is -1.60. The first-order chi connectivity index (χ1) is 4.91. The van der Waals surface area contributed by atoms with E-state index in [1.165, 1.54) is 6.42 Å². The third kappa shape index (κ3) is 7.26. The Morgan fingerprint density at radius 3 is 2.50 bits per heavy atom. The highest BCUT2D eigenvalue weighted by atomic mass is 13.8. The number of allylic oxidation sites excluding steroid dienone is 2. The molecule has 0 aliphatic carbocycles. The van der Waals surface area contributed by atoms with Crippen LogP contribution in [0.15, 0.2) is 30.5 Å². The molecular formula is C10H16. The molecule has 0 atom stereocenters. The van der Waals surface area contributed by atoms with Crippen molar-refractivity contribution in [1.82, 2.24) is 0 Å². The maximum Gasteiger partial charge on any atom is -0.0240 e. The highest BCUT2D eigenvalue weighted by Crippen LogP contribution is 1.90. The van der Waals surface area contributed by atoms with E-state index in [0.29, 0.717) is 0 Å². The second kappa shape index (κ2) is 8.26. The van der Waals surface area contributed by atoms with Crippen LogP contribution < -0.4 is 0 Å². The van der Waals surface area contributed by atoms with Crippen LogP contribution in [0, 0.1) is 0 Å². The lowest BCUT2D eigenvalue weighted by Gasteiger charge is -1.80. The van der Waals surface area contributed by atoms with Crippen LogP contribution in [-0.4, -0.2) is 0 Å². The van der Waals surface area contributed by atoms with Crippen molar-refractivity contribution in [2.45, 2.75) is 32.6 Å². The zero-order chi connectivity index (χ0) is 7.66. The predicted octanol–water partition coefficient (Wildman–Crippen LogP) is 3.46. The van der Waals surface area contributed by atoms with Crippen molar-refractivity contribution in [1.29, 1.82) is 0 Å². The smallest absolute Gasteiger partial charge is 0.0240 e. The summed E-state index contributed by atoms with van der Waals surface area (Å²) in [6.07, 6.45) is 10.6. The number of unbranched alkanes of at least 4 members (excludes halogenated alkanes) is 2. The van der Waals surface area contributed by atoms with E-state index in [0.717, 1.165) is 19.3 Å². The molecule has 0 N–H and O–H groups in total. The summed E-state index contributed by atoms with van der Waals surface area (Å²) in [5.74, 6) is 0. The first kappa shape index (κ1) is 9.26. The van der Waals surface area contributed by atoms with Crippen molar-refractivity contribution in [3.8, 4) is 0 Å². The maximum absolute atomic E-state index is 3.64. The Balaban J connectivity index is 3.25. The van der Waals surface area contributed by atoms with Crippen LogP contribution in [0.25, 0.3) is 0 Å². The average molecular weight is 136 g/mol. The topological polar surface area (TPSA) is 0 Å². The van der Waals surface area contributed by atoms with Crippen LogP contribution in [0.5, 0.6) is 0 Å². The molecule has 0 bridgehead atoms. The fourth-order valence-corrected chi connectivity index (χ4v) is 0.596. The van der Waals surface area contributed by atoms with Crippen molar-refractivity contribution in [3.05, 3.63) is 30.5 Å². The molecule has 0 radical (unpaired) electrons. The third-order valence-corrected chi connectivity index (χ3v) is 1.18. The summed E-state index contributed by atoms with van der Waals surface area (Å²) in [6, 6.07) is 0. The Hall–Kier alpha value is -0.740. The standard InChI is InChI=1S/C10H16/c1-3-5-7-9-10-8-6-4-2/h3,8-9H,1,4-7H2,2H3. The van der Waals surface area contributed by atoms with Gasteiger partial charge in [-0.05, 0) is 31.4 Å². The molecule has 0 unspecified atom stereocenters. The summed E-state index contributed by atoms with van der Waals surface area (Å²) >= 11 is 0. The fourth-order valence-electron chi connectivity index (χ4n) is 0.596. The summed E-state index contributed by atoms with van der Waals surface area (Å²) in [7, 11) is 0. The zero-order valence-electron chi connectivity index (χ0n) is 6.77. The van der Waals surface area contributed by atoms with Gasteiger partial charge >= 0.3 is 0 Å². The minimum Gasteiger partial charge on any atom is -0.130 e. The van der Waals surface area contributed by atoms with Crippen LogP contribution >= 0.6 is 0 Å². The van der Waals surface area contributed by atoms with E-state index in [1.807, 2.05) is 6.08 Å². The molecule has 0 amide bonds. The molecule has 0 aromatic heterocycles. The van der Waals surface area contributed by atoms with E-state index >= 15 is 0 Å². The van der Waals surface area contributed by atoms with Gasteiger partial charge in [-0.2, -0.15) is 0 Å². The van der Waals surface area contributed by atoms with Gasteiger partial charge in [0.2, 0.25) is 0 Å². The lowest BCUT2D eigenvalue weighted by molar-refractivity contribution is 0.958. The maximum atomic E-state index is 3.64. The van der Waals surface area contributed by atoms with Gasteiger partial charge in [0.05, 0.1) is 0 Å². The SMILES string of the molecule is C=CCCC=C=CCCC. The van der Waals surface area contributed by atoms with Crippen LogP contribution in [0.3, 0.4) is 0 Å². The summed E-state index contributed by atoms with van der Waals surface area (Å²) in [6.45, 7) is 5.81. The molecule has 0 fully saturated rings. The van der Waals surface area contributed by atoms with Gasteiger partial charge in [-0.1, -0.05) is 19.4 Å². The van der Waals surface area contributed by atoms with Crippen LogP contribution in [0.4, 0.5) is 0 Å². The highest BCUT2D eigenvalue weighted by molar-refractivity contribution is 4.86. The highest BCUT2D eigenvalue weighted by Gasteiger charge is 1.71. The third-order valence-electron chi connectivity index (χ3n) is 1.18. The molecule has 0 saturated carbocycles. The molecule has 0 saturated heterocycles. The lowest BCUT2D eigenvalue weighted by atomic mass is 10.3. The Morgan fingerprint density at radius 2 is 1.90 bits per heavy atom. The molecular weight excluding hydrogens is 120 g/mol. The molecule has 0 rings (SSSR count). The Labute approximate surface area is 64.0 Å². The van der Waals surface area contributed by atoms with Gasteiger partial charge in [0.1, 0.15) is 0 Å². The molecule has 0 aliphatic rings. The van der Waals surface area contributed by atoms with E-state index in [1.54, 1.807) is 0 Å². The molecule has 0 spiro atoms. The van der Waals surface area contributed by atoms with Gasteiger partial charge in [-0.25, -0.2) is 0 Å². The Kier molecular flexibility index (Phi) is 7.65. The van der Waals surface area contributed by atoms with Crippen molar-refractivity contribution >= 4 is 0 Å². The summed E-state index contributed by atoms with van der Waals surface area (Å²) < 4.78 is 0. The van der Waals surface area contributed by atoms with Crippen molar-refractivity contribution in [2.24, 2.45) is 0 Å². The summed E-state index contributed by atoms with van der Waals surface area (Å²) in [4.78, 5) is 0. The molecule has 0 aromatic carbocycles. The monoisotopic (exact) mass is 136 g/mol. The van der Waals surface area contributed by atoms with Gasteiger partial charge in [0, 0.05) is 0 Å². The van der Waals surface area contributed by atoms with E-state index < -0.39 is 0 Å². The number of hydrogen-bond donors (Lipinski definition) is 0. The van der Waals surface area contributed by atoms with Crippen LogP contribution in [0.1, 0.15) is 32.6 Å². The molecule has 0 heteroatoms. The quantitative estimate of drug-likeness (QED) is 0.308. The molecule has 0 aliphatic heterocycles. The first-order valence-electron chi connectivity index (χ1n) is 3.92. The largest absolute Gasteiger partial charge is 0.130 e. The minimum absolute atomic E-state index is 1.06.